The zero-order chi connectivity index (χ0) is 12.2. The summed E-state index contributed by atoms with van der Waals surface area (Å²) in [6.07, 6.45) is 3.52. The van der Waals surface area contributed by atoms with Crippen molar-refractivity contribution in [3.05, 3.63) is 25.3 Å². The molecule has 0 saturated heterocycles. The van der Waals surface area contributed by atoms with Crippen LogP contribution in [0.15, 0.2) is 25.3 Å². The molecule has 0 spiro atoms. The molecule has 0 saturated carbocycles. The fourth-order valence-electron chi connectivity index (χ4n) is 0.482. The van der Waals surface area contributed by atoms with Crippen molar-refractivity contribution >= 4 is 39.7 Å². The normalized spacial score (nSPS) is 9.38. The fraction of sp³-hybridized carbons (Fsp3) is 0.556. The molecule has 0 aliphatic rings. The maximum absolute atomic E-state index is 9.83. The second-order valence-electron chi connectivity index (χ2n) is 2.48. The van der Waals surface area contributed by atoms with Crippen LogP contribution >= 0.6 is 0 Å². The molecule has 0 aromatic heterocycles. The zero-order valence-corrected chi connectivity index (χ0v) is 9.45. The molecule has 0 bridgehead atoms. The third-order valence-corrected chi connectivity index (χ3v) is 1.84. The van der Waals surface area contributed by atoms with Crippen LogP contribution in [-0.2, 0) is 14.9 Å². The van der Waals surface area contributed by atoms with Crippen LogP contribution in [0.5, 0.6) is 0 Å². The van der Waals surface area contributed by atoms with Gasteiger partial charge in [-0.25, -0.2) is 0 Å². The molecule has 16 heavy (non-hydrogen) atoms. The number of hydrogen-bond donors (Lipinski definition) is 2. The van der Waals surface area contributed by atoms with Gasteiger partial charge in [0.2, 0.25) is 0 Å². The summed E-state index contributed by atoms with van der Waals surface area (Å²) in [4.78, 5) is 0. The molecule has 0 aliphatic heterocycles. The minimum atomic E-state index is -3.85. The first-order valence-corrected chi connectivity index (χ1v) is 5.94. The molecule has 0 radical (unpaired) electrons. The van der Waals surface area contributed by atoms with Gasteiger partial charge in [-0.05, 0) is 6.42 Å². The van der Waals surface area contributed by atoms with E-state index in [9.17, 15) is 8.42 Å². The van der Waals surface area contributed by atoms with E-state index in [1.807, 2.05) is 0 Å². The van der Waals surface area contributed by atoms with E-state index in [2.05, 4.69) is 13.2 Å². The van der Waals surface area contributed by atoms with Crippen LogP contribution in [0.1, 0.15) is 6.42 Å². The molecule has 0 aromatic carbocycles. The zero-order valence-electron chi connectivity index (χ0n) is 8.63. The molecule has 0 aromatic rings. The van der Waals surface area contributed by atoms with Gasteiger partial charge in [0.05, 0.1) is 19.0 Å². The predicted molar refractivity (Wildman–Crippen MR) is 66.5 cm³/mol. The quantitative estimate of drug-likeness (QED) is 0.292. The fourth-order valence-corrected chi connectivity index (χ4v) is 0.976. The second-order valence-corrected chi connectivity index (χ2v) is 4.05. The van der Waals surface area contributed by atoms with Crippen LogP contribution in [0.2, 0.25) is 0 Å². The Morgan fingerprint density at radius 3 is 1.81 bits per heavy atom. The van der Waals surface area contributed by atoms with Gasteiger partial charge in [-0.15, -0.1) is 13.2 Å². The van der Waals surface area contributed by atoms with E-state index in [1.165, 1.54) is 0 Å². The Labute approximate surface area is 119 Å². The van der Waals surface area contributed by atoms with Crippen molar-refractivity contribution in [2.24, 2.45) is 0 Å². The summed E-state index contributed by atoms with van der Waals surface area (Å²) in [5, 5.41) is 8.05. The molecular weight excluding hydrogens is 243 g/mol. The third-order valence-electron chi connectivity index (χ3n) is 1.03. The summed E-state index contributed by atoms with van der Waals surface area (Å²) in [7, 11) is -3.85. The topological polar surface area (TPSA) is 83.8 Å². The average Bonchev–Trinajstić information content (AvgIpc) is 2.16. The monoisotopic (exact) mass is 262 g/mol. The van der Waals surface area contributed by atoms with Crippen LogP contribution in [0, 0.1) is 0 Å². The average molecular weight is 262 g/mol. The first-order chi connectivity index (χ1) is 6.97. The molecule has 0 atom stereocenters. The Morgan fingerprint density at radius 2 is 1.62 bits per heavy atom. The Bertz CT molecular complexity index is 243. The van der Waals surface area contributed by atoms with Crippen LogP contribution in [0.25, 0.3) is 0 Å². The van der Waals surface area contributed by atoms with Gasteiger partial charge in [0.15, 0.2) is 0 Å². The van der Waals surface area contributed by atoms with E-state index in [0.717, 1.165) is 0 Å². The molecule has 0 amide bonds. The van der Waals surface area contributed by atoms with E-state index >= 15 is 0 Å². The molecule has 0 fully saturated rings. The van der Waals surface area contributed by atoms with Gasteiger partial charge in [0, 0.05) is 6.61 Å². The summed E-state index contributed by atoms with van der Waals surface area (Å²) in [5.41, 5.74) is 0. The predicted octanol–water partition coefficient (Wildman–Crippen LogP) is -0.0169. The summed E-state index contributed by atoms with van der Waals surface area (Å²) in [5.74, 6) is -0.358. The van der Waals surface area contributed by atoms with Crippen molar-refractivity contribution in [1.82, 2.24) is 0 Å². The summed E-state index contributed by atoms with van der Waals surface area (Å²) in [6.45, 7) is 7.97. The molecule has 2 N–H and O–H groups in total. The standard InChI is InChI=1S/C6H10O.C3H8O4S.Na.H/c1-3-5-7-6-4-2;4-2-1-3-8(5,6)7;;/h3-4H,1-2,5-6H2;4H,1-3H2,(H,5,6,7);;. The van der Waals surface area contributed by atoms with Gasteiger partial charge >= 0.3 is 29.6 Å². The molecule has 5 nitrogen and oxygen atoms in total. The van der Waals surface area contributed by atoms with E-state index in [4.69, 9.17) is 14.4 Å². The number of hydrogen-bond acceptors (Lipinski definition) is 4. The number of rotatable bonds is 7. The number of ether oxygens (including phenoxy) is 1. The van der Waals surface area contributed by atoms with Gasteiger partial charge in [-0.1, -0.05) is 12.2 Å². The Balaban J connectivity index is -0.000000200. The SMILES string of the molecule is C=CCOCC=C.O=S(=O)(O)CCCO.[NaH]. The molecule has 0 heterocycles. The van der Waals surface area contributed by atoms with Crippen molar-refractivity contribution in [1.29, 1.82) is 0 Å². The summed E-state index contributed by atoms with van der Waals surface area (Å²) >= 11 is 0. The van der Waals surface area contributed by atoms with E-state index in [0.29, 0.717) is 13.2 Å². The van der Waals surface area contributed by atoms with Crippen molar-refractivity contribution in [2.45, 2.75) is 6.42 Å². The van der Waals surface area contributed by atoms with Crippen LogP contribution in [-0.4, -0.2) is 73.2 Å². The van der Waals surface area contributed by atoms with E-state index in [-0.39, 0.29) is 48.3 Å². The van der Waals surface area contributed by atoms with Crippen LogP contribution in [0.3, 0.4) is 0 Å². The van der Waals surface area contributed by atoms with E-state index in [1.54, 1.807) is 12.2 Å². The number of aliphatic hydroxyl groups is 1. The molecule has 7 heteroatoms. The minimum absolute atomic E-state index is 0. The van der Waals surface area contributed by atoms with Gasteiger partial charge in [0.1, 0.15) is 0 Å². The Morgan fingerprint density at radius 1 is 1.19 bits per heavy atom. The van der Waals surface area contributed by atoms with Crippen molar-refractivity contribution in [2.75, 3.05) is 25.6 Å². The third kappa shape index (κ3) is 29.2. The first kappa shape index (κ1) is 21.6. The first-order valence-electron chi connectivity index (χ1n) is 4.33. The molecule has 0 unspecified atom stereocenters. The molecule has 92 valence electrons. The Kier molecular flexibility index (Phi) is 20.6. The van der Waals surface area contributed by atoms with Gasteiger partial charge in [0.25, 0.3) is 10.1 Å². The Hall–Kier alpha value is 0.310. The second kappa shape index (κ2) is 15.3. The summed E-state index contributed by atoms with van der Waals surface area (Å²) in [6, 6.07) is 0. The molecular formula is C9H19NaO5S. The van der Waals surface area contributed by atoms with E-state index < -0.39 is 10.1 Å². The van der Waals surface area contributed by atoms with Gasteiger partial charge < -0.3 is 9.84 Å². The van der Waals surface area contributed by atoms with Crippen molar-refractivity contribution in [3.63, 3.8) is 0 Å². The maximum atomic E-state index is 9.83. The van der Waals surface area contributed by atoms with Crippen LogP contribution < -0.4 is 0 Å². The molecule has 0 aliphatic carbocycles. The van der Waals surface area contributed by atoms with Crippen molar-refractivity contribution in [3.8, 4) is 0 Å². The van der Waals surface area contributed by atoms with Crippen LogP contribution in [0.4, 0.5) is 0 Å². The number of aliphatic hydroxyl groups excluding tert-OH is 1. The van der Waals surface area contributed by atoms with Gasteiger partial charge in [-0.2, -0.15) is 8.42 Å². The molecule has 0 rings (SSSR count). The van der Waals surface area contributed by atoms with Gasteiger partial charge in [-0.3, -0.25) is 4.55 Å². The summed E-state index contributed by atoms with van der Waals surface area (Å²) < 4.78 is 32.6. The van der Waals surface area contributed by atoms with Crippen molar-refractivity contribution < 1.29 is 22.8 Å².